The van der Waals surface area contributed by atoms with Crippen molar-refractivity contribution in [3.8, 4) is 0 Å². The average molecular weight is 665 g/mol. The Morgan fingerprint density at radius 1 is 0.977 bits per heavy atom. The SMILES string of the molecule is Nc1ncnc2c1ncn2[C@@H]1O[C@@H](COP(=O)(O)OP(=O)(O)OC[C@@H]2O[C@@H]([n+]3cccc(C(=O)O)c3)[C@H](O)[C@H]2O)[C@H](O)[C@H]1O. The van der Waals surface area contributed by atoms with E-state index < -0.39 is 83.9 Å². The normalized spacial score (nSPS) is 31.6. The van der Waals surface area contributed by atoms with Crippen LogP contribution in [0.3, 0.4) is 0 Å². The Kier molecular flexibility index (Phi) is 9.13. The van der Waals surface area contributed by atoms with Crippen molar-refractivity contribution in [2.75, 3.05) is 18.9 Å². The van der Waals surface area contributed by atoms with Crippen molar-refractivity contribution in [2.45, 2.75) is 49.1 Å². The van der Waals surface area contributed by atoms with Crippen LogP contribution in [0, 0.1) is 0 Å². The van der Waals surface area contributed by atoms with E-state index in [1.54, 1.807) is 0 Å². The molecule has 0 spiro atoms. The highest BCUT2D eigenvalue weighted by atomic mass is 31.3. The van der Waals surface area contributed by atoms with Gasteiger partial charge in [-0.1, -0.05) is 0 Å². The molecule has 0 aliphatic carbocycles. The summed E-state index contributed by atoms with van der Waals surface area (Å²) >= 11 is 0. The van der Waals surface area contributed by atoms with Gasteiger partial charge in [-0.25, -0.2) is 28.9 Å². The van der Waals surface area contributed by atoms with Gasteiger partial charge in [0.05, 0.1) is 19.5 Å². The monoisotopic (exact) mass is 665 g/mol. The number of pyridine rings is 1. The zero-order chi connectivity index (χ0) is 32.0. The lowest BCUT2D eigenvalue weighted by molar-refractivity contribution is -0.765. The molecule has 5 heterocycles. The summed E-state index contributed by atoms with van der Waals surface area (Å²) in [6.07, 6.45) is -7.22. The molecule has 9 N–H and O–H groups in total. The van der Waals surface area contributed by atoms with Gasteiger partial charge in [0.25, 0.3) is 6.23 Å². The largest absolute Gasteiger partial charge is 0.481 e. The molecule has 23 heteroatoms. The molecule has 0 radical (unpaired) electrons. The number of fused-ring (bicyclic) bond motifs is 1. The van der Waals surface area contributed by atoms with Gasteiger partial charge in [0, 0.05) is 6.07 Å². The molecule has 2 fully saturated rings. The van der Waals surface area contributed by atoms with Crippen LogP contribution in [-0.4, -0.2) is 111 Å². The smallest absolute Gasteiger partial charge is 0.477 e. The van der Waals surface area contributed by atoms with E-state index in [9.17, 15) is 44.1 Å². The van der Waals surface area contributed by atoms with Gasteiger partial charge >= 0.3 is 21.6 Å². The minimum Gasteiger partial charge on any atom is -0.477 e. The molecule has 3 aromatic heterocycles. The zero-order valence-corrected chi connectivity index (χ0v) is 23.9. The Morgan fingerprint density at radius 3 is 2.27 bits per heavy atom. The molecule has 0 aromatic carbocycles. The van der Waals surface area contributed by atoms with Crippen LogP contribution < -0.4 is 10.3 Å². The summed E-state index contributed by atoms with van der Waals surface area (Å²) in [7, 11) is -10.8. The second kappa shape index (κ2) is 12.4. The molecule has 44 heavy (non-hydrogen) atoms. The maximum Gasteiger partial charge on any atom is 0.481 e. The number of carboxylic acids is 1. The molecule has 2 unspecified atom stereocenters. The lowest BCUT2D eigenvalue weighted by Crippen LogP contribution is -2.46. The van der Waals surface area contributed by atoms with E-state index in [4.69, 9.17) is 24.8 Å². The third-order valence-electron chi connectivity index (χ3n) is 6.71. The van der Waals surface area contributed by atoms with Crippen molar-refractivity contribution >= 4 is 38.6 Å². The van der Waals surface area contributed by atoms with Gasteiger partial charge < -0.3 is 50.5 Å². The number of ether oxygens (including phenoxy) is 2. The minimum atomic E-state index is -5.38. The van der Waals surface area contributed by atoms with Crippen LogP contribution in [0.2, 0.25) is 0 Å². The van der Waals surface area contributed by atoms with E-state index in [-0.39, 0.29) is 22.5 Å². The third kappa shape index (κ3) is 6.65. The highest BCUT2D eigenvalue weighted by Gasteiger charge is 2.50. The highest BCUT2D eigenvalue weighted by molar-refractivity contribution is 7.61. The summed E-state index contributed by atoms with van der Waals surface area (Å²) in [5, 5.41) is 50.7. The molecule has 0 amide bonds. The summed E-state index contributed by atoms with van der Waals surface area (Å²) in [5.74, 6) is -1.22. The van der Waals surface area contributed by atoms with E-state index in [0.29, 0.717) is 0 Å². The molecule has 0 saturated carbocycles. The number of carbonyl (C=O) groups is 1. The number of anilines is 1. The second-order valence-electron chi connectivity index (χ2n) is 9.63. The number of aromatic carboxylic acids is 1. The lowest BCUT2D eigenvalue weighted by atomic mass is 10.1. The molecule has 3 aromatic rings. The van der Waals surface area contributed by atoms with Crippen LogP contribution in [0.5, 0.6) is 0 Å². The molecular weight excluding hydrogens is 638 g/mol. The predicted octanol–water partition coefficient (Wildman–Crippen LogP) is -2.42. The van der Waals surface area contributed by atoms with Gasteiger partial charge in [-0.2, -0.15) is 8.88 Å². The van der Waals surface area contributed by atoms with Crippen molar-refractivity contribution in [1.29, 1.82) is 0 Å². The molecule has 0 bridgehead atoms. The topological polar surface area (TPSA) is 312 Å². The molecule has 240 valence electrons. The number of nitrogens with zero attached hydrogens (tertiary/aromatic N) is 5. The zero-order valence-electron chi connectivity index (χ0n) is 22.1. The summed E-state index contributed by atoms with van der Waals surface area (Å²) in [6.45, 7) is -1.83. The van der Waals surface area contributed by atoms with E-state index in [0.717, 1.165) is 17.1 Å². The number of rotatable bonds is 11. The van der Waals surface area contributed by atoms with Crippen molar-refractivity contribution < 1.29 is 76.6 Å². The number of nitrogen functional groups attached to an aromatic ring is 1. The van der Waals surface area contributed by atoms with E-state index in [1.165, 1.54) is 29.2 Å². The summed E-state index contributed by atoms with van der Waals surface area (Å²) in [5.41, 5.74) is 5.94. The van der Waals surface area contributed by atoms with Gasteiger partial charge in [-0.3, -0.25) is 13.6 Å². The molecule has 5 rings (SSSR count). The maximum absolute atomic E-state index is 12.4. The number of aliphatic hydroxyl groups is 4. The predicted molar refractivity (Wildman–Crippen MR) is 138 cm³/mol. The van der Waals surface area contributed by atoms with Crippen LogP contribution in [0.15, 0.2) is 37.2 Å². The molecule has 2 saturated heterocycles. The molecular formula is C21H27N6O15P2+. The van der Waals surface area contributed by atoms with Crippen LogP contribution >= 0.6 is 15.6 Å². The van der Waals surface area contributed by atoms with Crippen molar-refractivity contribution in [1.82, 2.24) is 19.5 Å². The minimum absolute atomic E-state index is 0.0464. The fourth-order valence-corrected chi connectivity index (χ4v) is 6.65. The average Bonchev–Trinajstić information content (AvgIpc) is 3.61. The maximum atomic E-state index is 12.4. The Bertz CT molecular complexity index is 1630. The standard InChI is InChI=1S/C21H26N6O15P2/c22-17-12-18(24-7-23-17)27(8-25-12)20-16(31)14(29)11(41-20)6-39-44(36,37)42-43(34,35)38-5-10-13(28)15(30)19(40-10)26-3-1-2-9(4-26)21(32)33/h1-4,7-8,10-11,13-16,19-20,28-31H,5-6H2,(H4-,22,23,24,32,33,34,35,36,37)/p+1/t10-,11-,13-,14-,15+,16+,19+,20+/m0/s1. The third-order valence-corrected chi connectivity index (χ3v) is 9.31. The van der Waals surface area contributed by atoms with Crippen molar-refractivity contribution in [3.63, 3.8) is 0 Å². The Hall–Kier alpha value is -3.01. The van der Waals surface area contributed by atoms with Crippen LogP contribution in [-0.2, 0) is 32.0 Å². The number of aromatic nitrogens is 5. The molecule has 10 atom stereocenters. The van der Waals surface area contributed by atoms with Crippen LogP contribution in [0.1, 0.15) is 22.8 Å². The summed E-state index contributed by atoms with van der Waals surface area (Å²) in [4.78, 5) is 43.1. The number of carboxylic acid groups (broad SMARTS) is 1. The Morgan fingerprint density at radius 2 is 1.61 bits per heavy atom. The Balaban J connectivity index is 1.16. The fourth-order valence-electron chi connectivity index (χ4n) is 4.56. The van der Waals surface area contributed by atoms with E-state index in [2.05, 4.69) is 23.8 Å². The van der Waals surface area contributed by atoms with Crippen LogP contribution in [0.4, 0.5) is 5.82 Å². The quantitative estimate of drug-likeness (QED) is 0.0780. The lowest BCUT2D eigenvalue weighted by Gasteiger charge is -2.20. The highest BCUT2D eigenvalue weighted by Crippen LogP contribution is 2.60. The first-order chi connectivity index (χ1) is 20.7. The fraction of sp³-hybridized carbons (Fsp3) is 0.476. The number of aliphatic hydroxyl groups excluding tert-OH is 4. The van der Waals surface area contributed by atoms with Gasteiger partial charge in [0.15, 0.2) is 36.2 Å². The summed E-state index contributed by atoms with van der Waals surface area (Å²) in [6, 6.07) is 2.63. The number of hydrogen-bond donors (Lipinski definition) is 8. The van der Waals surface area contributed by atoms with Gasteiger partial charge in [-0.05, 0) is 6.07 Å². The number of phosphoric acid groups is 2. The number of hydrogen-bond acceptors (Lipinski definition) is 16. The van der Waals surface area contributed by atoms with Crippen LogP contribution in [0.25, 0.3) is 11.2 Å². The molecule has 21 nitrogen and oxygen atoms in total. The first-order valence-electron chi connectivity index (χ1n) is 12.5. The van der Waals surface area contributed by atoms with Gasteiger partial charge in [0.2, 0.25) is 0 Å². The summed E-state index contributed by atoms with van der Waals surface area (Å²) < 4.78 is 51.8. The van der Waals surface area contributed by atoms with Gasteiger partial charge in [-0.15, -0.1) is 0 Å². The number of imidazole rings is 1. The van der Waals surface area contributed by atoms with Gasteiger partial charge in [0.1, 0.15) is 47.9 Å². The van der Waals surface area contributed by atoms with E-state index in [1.807, 2.05) is 0 Å². The van der Waals surface area contributed by atoms with E-state index >= 15 is 0 Å². The number of phosphoric ester groups is 2. The molecule has 2 aliphatic rings. The molecule has 2 aliphatic heterocycles. The first kappa shape index (κ1) is 32.4. The second-order valence-corrected chi connectivity index (χ2v) is 12.7. The van der Waals surface area contributed by atoms with Crippen molar-refractivity contribution in [3.05, 3.63) is 42.7 Å². The van der Waals surface area contributed by atoms with Crippen molar-refractivity contribution in [2.24, 2.45) is 0 Å². The Labute approximate surface area is 245 Å². The first-order valence-corrected chi connectivity index (χ1v) is 15.5. The number of nitrogens with two attached hydrogens (primary N) is 1.